The fourth-order valence-corrected chi connectivity index (χ4v) is 3.06. The van der Waals surface area contributed by atoms with E-state index in [0.29, 0.717) is 5.92 Å². The highest BCUT2D eigenvalue weighted by molar-refractivity contribution is 9.10. The summed E-state index contributed by atoms with van der Waals surface area (Å²) in [6.07, 6.45) is 14.1. The molecule has 2 aromatic heterocycles. The second-order valence-corrected chi connectivity index (χ2v) is 5.69. The van der Waals surface area contributed by atoms with Gasteiger partial charge >= 0.3 is 0 Å². The smallest absolute Gasteiger partial charge is 0.169 e. The number of hydrogen-bond acceptors (Lipinski definition) is 2. The third kappa shape index (κ3) is 2.23. The summed E-state index contributed by atoms with van der Waals surface area (Å²) in [5.41, 5.74) is 2.25. The van der Waals surface area contributed by atoms with Gasteiger partial charge in [0.2, 0.25) is 0 Å². The first kappa shape index (κ1) is 11.2. The third-order valence-corrected chi connectivity index (χ3v) is 4.22. The van der Waals surface area contributed by atoms with Crippen molar-refractivity contribution < 1.29 is 0 Å². The van der Waals surface area contributed by atoms with Crippen LogP contribution in [0.2, 0.25) is 0 Å². The molecule has 0 unspecified atom stereocenters. The Kier molecular flexibility index (Phi) is 3.14. The standard InChI is InChI=1S/C13H16BrN3/c14-12-8-16-17-9-11(7-15-13(12)17)10-5-3-1-2-4-6-10/h7-10H,1-6H2. The van der Waals surface area contributed by atoms with E-state index in [4.69, 9.17) is 0 Å². The molecule has 0 spiro atoms. The summed E-state index contributed by atoms with van der Waals surface area (Å²) < 4.78 is 2.84. The van der Waals surface area contributed by atoms with Gasteiger partial charge in [0.15, 0.2) is 5.65 Å². The van der Waals surface area contributed by atoms with Crippen LogP contribution in [0, 0.1) is 0 Å². The Morgan fingerprint density at radius 2 is 1.88 bits per heavy atom. The number of halogens is 1. The highest BCUT2D eigenvalue weighted by Gasteiger charge is 2.15. The summed E-state index contributed by atoms with van der Waals surface area (Å²) in [5, 5.41) is 4.30. The van der Waals surface area contributed by atoms with Crippen LogP contribution in [0.1, 0.15) is 50.0 Å². The summed E-state index contributed by atoms with van der Waals surface area (Å²) in [4.78, 5) is 4.50. The van der Waals surface area contributed by atoms with Gasteiger partial charge in [-0.15, -0.1) is 0 Å². The lowest BCUT2D eigenvalue weighted by Gasteiger charge is -2.13. The van der Waals surface area contributed by atoms with Gasteiger partial charge < -0.3 is 0 Å². The van der Waals surface area contributed by atoms with Gasteiger partial charge in [-0.2, -0.15) is 5.10 Å². The van der Waals surface area contributed by atoms with Crippen LogP contribution in [0.15, 0.2) is 23.1 Å². The molecule has 2 heterocycles. The molecular weight excluding hydrogens is 278 g/mol. The molecule has 0 bridgehead atoms. The van der Waals surface area contributed by atoms with Gasteiger partial charge in [-0.05, 0) is 40.3 Å². The van der Waals surface area contributed by atoms with Gasteiger partial charge in [-0.3, -0.25) is 0 Å². The molecule has 1 saturated carbocycles. The zero-order valence-electron chi connectivity index (χ0n) is 9.77. The molecule has 3 nitrogen and oxygen atoms in total. The lowest BCUT2D eigenvalue weighted by molar-refractivity contribution is 0.586. The predicted octanol–water partition coefficient (Wildman–Crippen LogP) is 3.93. The Morgan fingerprint density at radius 1 is 1.12 bits per heavy atom. The summed E-state index contributed by atoms with van der Waals surface area (Å²) in [6.45, 7) is 0. The van der Waals surface area contributed by atoms with E-state index in [-0.39, 0.29) is 0 Å². The van der Waals surface area contributed by atoms with Gasteiger partial charge in [0.05, 0.1) is 10.7 Å². The summed E-state index contributed by atoms with van der Waals surface area (Å²) >= 11 is 3.45. The van der Waals surface area contributed by atoms with Gasteiger partial charge in [0, 0.05) is 12.4 Å². The molecule has 1 aliphatic rings. The fourth-order valence-electron chi connectivity index (χ4n) is 2.68. The van der Waals surface area contributed by atoms with Gasteiger partial charge in [-0.1, -0.05) is 25.7 Å². The molecule has 1 fully saturated rings. The van der Waals surface area contributed by atoms with E-state index in [2.05, 4.69) is 32.2 Å². The number of rotatable bonds is 1. The highest BCUT2D eigenvalue weighted by atomic mass is 79.9. The molecule has 2 aromatic rings. The van der Waals surface area contributed by atoms with Gasteiger partial charge in [-0.25, -0.2) is 9.50 Å². The predicted molar refractivity (Wildman–Crippen MR) is 71.1 cm³/mol. The molecule has 0 N–H and O–H groups in total. The van der Waals surface area contributed by atoms with Crippen molar-refractivity contribution in [1.29, 1.82) is 0 Å². The van der Waals surface area contributed by atoms with E-state index in [1.807, 2.05) is 10.7 Å². The first-order valence-electron chi connectivity index (χ1n) is 6.33. The first-order chi connectivity index (χ1) is 8.34. The molecule has 0 aromatic carbocycles. The lowest BCUT2D eigenvalue weighted by atomic mass is 9.94. The van der Waals surface area contributed by atoms with Crippen LogP contribution in [0.4, 0.5) is 0 Å². The lowest BCUT2D eigenvalue weighted by Crippen LogP contribution is -2.01. The van der Waals surface area contributed by atoms with Crippen molar-refractivity contribution in [2.24, 2.45) is 0 Å². The van der Waals surface area contributed by atoms with Crippen molar-refractivity contribution >= 4 is 21.6 Å². The number of fused-ring (bicyclic) bond motifs is 1. The summed E-state index contributed by atoms with van der Waals surface area (Å²) in [7, 11) is 0. The van der Waals surface area contributed by atoms with Crippen molar-refractivity contribution in [2.45, 2.75) is 44.4 Å². The zero-order valence-corrected chi connectivity index (χ0v) is 11.4. The first-order valence-corrected chi connectivity index (χ1v) is 7.12. The highest BCUT2D eigenvalue weighted by Crippen LogP contribution is 2.31. The van der Waals surface area contributed by atoms with Crippen LogP contribution < -0.4 is 0 Å². The molecule has 90 valence electrons. The van der Waals surface area contributed by atoms with Crippen molar-refractivity contribution in [1.82, 2.24) is 14.6 Å². The maximum atomic E-state index is 4.50. The molecule has 1 aliphatic carbocycles. The quantitative estimate of drug-likeness (QED) is 0.746. The minimum atomic E-state index is 0.678. The van der Waals surface area contributed by atoms with E-state index in [1.165, 1.54) is 44.1 Å². The Morgan fingerprint density at radius 3 is 2.65 bits per heavy atom. The molecule has 17 heavy (non-hydrogen) atoms. The van der Waals surface area contributed by atoms with Crippen molar-refractivity contribution in [3.63, 3.8) is 0 Å². The Labute approximate surface area is 109 Å². The molecular formula is C13H16BrN3. The Balaban J connectivity index is 1.93. The maximum Gasteiger partial charge on any atom is 0.169 e. The SMILES string of the molecule is Brc1cnn2cc(C3CCCCCC3)cnc12. The van der Waals surface area contributed by atoms with Crippen LogP contribution in [-0.2, 0) is 0 Å². The monoisotopic (exact) mass is 293 g/mol. The molecule has 0 saturated heterocycles. The maximum absolute atomic E-state index is 4.50. The molecule has 0 atom stereocenters. The number of aromatic nitrogens is 3. The minimum Gasteiger partial charge on any atom is -0.236 e. The van der Waals surface area contributed by atoms with Crippen LogP contribution in [0.25, 0.3) is 5.65 Å². The van der Waals surface area contributed by atoms with Crippen LogP contribution in [0.5, 0.6) is 0 Å². The van der Waals surface area contributed by atoms with E-state index < -0.39 is 0 Å². The largest absolute Gasteiger partial charge is 0.236 e. The van der Waals surface area contributed by atoms with Crippen LogP contribution in [-0.4, -0.2) is 14.6 Å². The number of nitrogens with zero attached hydrogens (tertiary/aromatic N) is 3. The Hall–Kier alpha value is -0.900. The van der Waals surface area contributed by atoms with Crippen LogP contribution in [0.3, 0.4) is 0 Å². The normalized spacial score (nSPS) is 18.4. The van der Waals surface area contributed by atoms with Crippen molar-refractivity contribution in [3.05, 3.63) is 28.6 Å². The second-order valence-electron chi connectivity index (χ2n) is 4.84. The molecule has 0 aliphatic heterocycles. The van der Waals surface area contributed by atoms with E-state index in [0.717, 1.165) is 10.1 Å². The number of hydrogen-bond donors (Lipinski definition) is 0. The van der Waals surface area contributed by atoms with E-state index in [1.54, 1.807) is 6.20 Å². The molecule has 4 heteroatoms. The second kappa shape index (κ2) is 4.77. The molecule has 3 rings (SSSR count). The average molecular weight is 294 g/mol. The van der Waals surface area contributed by atoms with Crippen molar-refractivity contribution in [2.75, 3.05) is 0 Å². The van der Waals surface area contributed by atoms with Gasteiger partial charge in [0.25, 0.3) is 0 Å². The fraction of sp³-hybridized carbons (Fsp3) is 0.538. The van der Waals surface area contributed by atoms with Crippen molar-refractivity contribution in [3.8, 4) is 0 Å². The third-order valence-electron chi connectivity index (χ3n) is 3.66. The van der Waals surface area contributed by atoms with E-state index >= 15 is 0 Å². The molecule has 0 radical (unpaired) electrons. The van der Waals surface area contributed by atoms with Crippen LogP contribution >= 0.6 is 15.9 Å². The minimum absolute atomic E-state index is 0.678. The topological polar surface area (TPSA) is 30.2 Å². The average Bonchev–Trinajstić information content (AvgIpc) is 2.58. The zero-order chi connectivity index (χ0) is 11.7. The Bertz CT molecular complexity index is 512. The van der Waals surface area contributed by atoms with E-state index in [9.17, 15) is 0 Å². The van der Waals surface area contributed by atoms with Gasteiger partial charge in [0.1, 0.15) is 0 Å². The summed E-state index contributed by atoms with van der Waals surface area (Å²) in [5.74, 6) is 0.678. The summed E-state index contributed by atoms with van der Waals surface area (Å²) in [6, 6.07) is 0. The molecule has 0 amide bonds.